The molecule has 1 aromatic carbocycles. The fraction of sp³-hybridized carbons (Fsp3) is 0.312. The molecule has 23 heavy (non-hydrogen) atoms. The predicted octanol–water partition coefficient (Wildman–Crippen LogP) is 1.49. The van der Waals surface area contributed by atoms with E-state index >= 15 is 0 Å². The van der Waals surface area contributed by atoms with Gasteiger partial charge in [-0.1, -0.05) is 12.1 Å². The largest absolute Gasteiger partial charge is 0.469 e. The number of esters is 2. The van der Waals surface area contributed by atoms with E-state index in [-0.39, 0.29) is 12.0 Å². The number of carbonyl (C=O) groups is 2. The van der Waals surface area contributed by atoms with Crippen LogP contribution < -0.4 is 5.56 Å². The number of nitrogens with one attached hydrogen (secondary N) is 2. The molecule has 1 unspecified atom stereocenters. The third-order valence-electron chi connectivity index (χ3n) is 3.69. The third kappa shape index (κ3) is 3.50. The first-order valence-corrected chi connectivity index (χ1v) is 7.00. The Balaban J connectivity index is 2.43. The topological polar surface area (TPSA) is 101 Å². The molecule has 0 spiro atoms. The first-order valence-electron chi connectivity index (χ1n) is 7.00. The minimum absolute atomic E-state index is 0.0237. The molecule has 2 rings (SSSR count). The zero-order valence-electron chi connectivity index (χ0n) is 13.1. The van der Waals surface area contributed by atoms with Gasteiger partial charge >= 0.3 is 11.9 Å². The second kappa shape index (κ2) is 6.95. The summed E-state index contributed by atoms with van der Waals surface area (Å²) in [6.07, 6.45) is 0.0237. The van der Waals surface area contributed by atoms with Crippen molar-refractivity contribution < 1.29 is 19.1 Å². The van der Waals surface area contributed by atoms with Gasteiger partial charge in [0, 0.05) is 17.2 Å². The van der Waals surface area contributed by atoms with E-state index in [1.165, 1.54) is 14.2 Å². The summed E-state index contributed by atoms with van der Waals surface area (Å²) in [5.74, 6) is -1.34. The Kier molecular flexibility index (Phi) is 5.00. The number of hydrogen-bond acceptors (Lipinski definition) is 5. The van der Waals surface area contributed by atoms with Crippen LogP contribution in [0.25, 0.3) is 0 Å². The maximum absolute atomic E-state index is 12.0. The van der Waals surface area contributed by atoms with Crippen LogP contribution in [-0.4, -0.2) is 36.4 Å². The highest BCUT2D eigenvalue weighted by Crippen LogP contribution is 2.28. The summed E-state index contributed by atoms with van der Waals surface area (Å²) < 4.78 is 9.38. The first kappa shape index (κ1) is 16.5. The van der Waals surface area contributed by atoms with Gasteiger partial charge in [0.2, 0.25) is 0 Å². The lowest BCUT2D eigenvalue weighted by molar-refractivity contribution is -0.140. The molecule has 2 N–H and O–H groups in total. The van der Waals surface area contributed by atoms with Gasteiger partial charge in [-0.05, 0) is 24.6 Å². The molecular formula is C16H18N2O5. The maximum atomic E-state index is 12.0. The van der Waals surface area contributed by atoms with Crippen molar-refractivity contribution in [1.29, 1.82) is 0 Å². The Morgan fingerprint density at radius 2 is 1.74 bits per heavy atom. The summed E-state index contributed by atoms with van der Waals surface area (Å²) in [5, 5.41) is 5.26. The second-order valence-electron chi connectivity index (χ2n) is 5.06. The average molecular weight is 318 g/mol. The van der Waals surface area contributed by atoms with E-state index in [2.05, 4.69) is 14.9 Å². The molecule has 0 saturated heterocycles. The molecule has 0 amide bonds. The number of methoxy groups -OCH3 is 2. The first-order chi connectivity index (χ1) is 11.0. The minimum Gasteiger partial charge on any atom is -0.469 e. The Hall–Kier alpha value is -2.83. The van der Waals surface area contributed by atoms with Crippen LogP contribution in [0.3, 0.4) is 0 Å². The SMILES string of the molecule is COC(=O)CC(c1ccc(C(=O)OC)cc1)c1c(C)[nH][nH]c1=O. The lowest BCUT2D eigenvalue weighted by Crippen LogP contribution is -2.17. The van der Waals surface area contributed by atoms with E-state index in [4.69, 9.17) is 4.74 Å². The van der Waals surface area contributed by atoms with Gasteiger partial charge in [-0.25, -0.2) is 4.79 Å². The van der Waals surface area contributed by atoms with Gasteiger partial charge in [-0.3, -0.25) is 14.7 Å². The molecule has 0 radical (unpaired) electrons. The lowest BCUT2D eigenvalue weighted by atomic mass is 9.88. The van der Waals surface area contributed by atoms with Crippen LogP contribution in [-0.2, 0) is 14.3 Å². The zero-order valence-corrected chi connectivity index (χ0v) is 13.1. The van der Waals surface area contributed by atoms with Gasteiger partial charge < -0.3 is 14.6 Å². The number of H-pyrrole nitrogens is 2. The van der Waals surface area contributed by atoms with Crippen LogP contribution in [0.4, 0.5) is 0 Å². The Morgan fingerprint density at radius 3 is 2.22 bits per heavy atom. The van der Waals surface area contributed by atoms with Crippen LogP contribution >= 0.6 is 0 Å². The van der Waals surface area contributed by atoms with Crippen molar-refractivity contribution in [3.63, 3.8) is 0 Å². The molecule has 1 heterocycles. The van der Waals surface area contributed by atoms with Crippen molar-refractivity contribution in [3.8, 4) is 0 Å². The second-order valence-corrected chi connectivity index (χ2v) is 5.06. The molecule has 7 nitrogen and oxygen atoms in total. The summed E-state index contributed by atoms with van der Waals surface area (Å²) in [5.41, 5.74) is 1.97. The van der Waals surface area contributed by atoms with Crippen LogP contribution in [0.5, 0.6) is 0 Å². The normalized spacial score (nSPS) is 11.8. The van der Waals surface area contributed by atoms with Crippen LogP contribution in [0.1, 0.15) is 39.5 Å². The molecule has 0 bridgehead atoms. The smallest absolute Gasteiger partial charge is 0.337 e. The van der Waals surface area contributed by atoms with Gasteiger partial charge in [0.25, 0.3) is 5.56 Å². The van der Waals surface area contributed by atoms with E-state index in [0.29, 0.717) is 16.8 Å². The number of rotatable bonds is 5. The van der Waals surface area contributed by atoms with Crippen molar-refractivity contribution in [1.82, 2.24) is 10.2 Å². The number of aryl methyl sites for hydroxylation is 1. The number of benzene rings is 1. The quantitative estimate of drug-likeness (QED) is 0.813. The minimum atomic E-state index is -0.468. The number of aromatic nitrogens is 2. The molecule has 7 heteroatoms. The van der Waals surface area contributed by atoms with Crippen LogP contribution in [0.15, 0.2) is 29.1 Å². The molecule has 0 aliphatic rings. The van der Waals surface area contributed by atoms with E-state index < -0.39 is 17.9 Å². The fourth-order valence-electron chi connectivity index (χ4n) is 2.48. The molecule has 0 aliphatic heterocycles. The molecule has 2 aromatic rings. The molecule has 1 atom stereocenters. The molecule has 0 saturated carbocycles. The average Bonchev–Trinajstić information content (AvgIpc) is 2.90. The van der Waals surface area contributed by atoms with Crippen molar-refractivity contribution in [3.05, 3.63) is 57.0 Å². The lowest BCUT2D eigenvalue weighted by Gasteiger charge is -2.15. The monoisotopic (exact) mass is 318 g/mol. The van der Waals surface area contributed by atoms with Gasteiger partial charge in [0.05, 0.1) is 26.2 Å². The van der Waals surface area contributed by atoms with Crippen molar-refractivity contribution in [2.45, 2.75) is 19.3 Å². The van der Waals surface area contributed by atoms with E-state index in [1.807, 2.05) is 0 Å². The Labute approximate surface area is 132 Å². The van der Waals surface area contributed by atoms with Crippen LogP contribution in [0.2, 0.25) is 0 Å². The third-order valence-corrected chi connectivity index (χ3v) is 3.69. The molecular weight excluding hydrogens is 300 g/mol. The van der Waals surface area contributed by atoms with Crippen molar-refractivity contribution >= 4 is 11.9 Å². The van der Waals surface area contributed by atoms with Crippen molar-refractivity contribution in [2.75, 3.05) is 14.2 Å². The summed E-state index contributed by atoms with van der Waals surface area (Å²) in [4.78, 5) is 35.2. The van der Waals surface area contributed by atoms with Gasteiger partial charge in [0.1, 0.15) is 0 Å². The van der Waals surface area contributed by atoms with E-state index in [0.717, 1.165) is 5.56 Å². The summed E-state index contributed by atoms with van der Waals surface area (Å²) in [7, 11) is 2.60. The van der Waals surface area contributed by atoms with E-state index in [9.17, 15) is 14.4 Å². The standard InChI is InChI=1S/C16H18N2O5/c1-9-14(15(20)18-17-9)12(8-13(19)22-2)10-4-6-11(7-5-10)16(21)23-3/h4-7,12H,8H2,1-3H3,(H2,17,18,20). The molecule has 0 aliphatic carbocycles. The van der Waals surface area contributed by atoms with Crippen LogP contribution in [0, 0.1) is 6.92 Å². The fourth-order valence-corrected chi connectivity index (χ4v) is 2.48. The Bertz CT molecular complexity index is 758. The van der Waals surface area contributed by atoms with E-state index in [1.54, 1.807) is 31.2 Å². The predicted molar refractivity (Wildman–Crippen MR) is 82.4 cm³/mol. The zero-order chi connectivity index (χ0) is 17.0. The molecule has 0 fully saturated rings. The molecule has 122 valence electrons. The number of hydrogen-bond donors (Lipinski definition) is 2. The highest BCUT2D eigenvalue weighted by Gasteiger charge is 2.24. The maximum Gasteiger partial charge on any atom is 0.337 e. The number of ether oxygens (including phenoxy) is 2. The summed E-state index contributed by atoms with van der Waals surface area (Å²) in [6, 6.07) is 6.60. The summed E-state index contributed by atoms with van der Waals surface area (Å²) >= 11 is 0. The Morgan fingerprint density at radius 1 is 1.09 bits per heavy atom. The summed E-state index contributed by atoms with van der Waals surface area (Å²) in [6.45, 7) is 1.75. The number of carbonyl (C=O) groups excluding carboxylic acids is 2. The highest BCUT2D eigenvalue weighted by molar-refractivity contribution is 5.89. The van der Waals surface area contributed by atoms with Gasteiger partial charge in [-0.2, -0.15) is 0 Å². The highest BCUT2D eigenvalue weighted by atomic mass is 16.5. The molecule has 1 aromatic heterocycles. The van der Waals surface area contributed by atoms with Gasteiger partial charge in [0.15, 0.2) is 0 Å². The van der Waals surface area contributed by atoms with Crippen molar-refractivity contribution in [2.24, 2.45) is 0 Å². The number of aromatic amines is 2. The van der Waals surface area contributed by atoms with Gasteiger partial charge in [-0.15, -0.1) is 0 Å².